The maximum absolute atomic E-state index is 12.0. The number of carbonyl (C=O) groups excluding carboxylic acids is 1. The summed E-state index contributed by atoms with van der Waals surface area (Å²) in [6, 6.07) is 8.21. The summed E-state index contributed by atoms with van der Waals surface area (Å²) in [7, 11) is 0. The van der Waals surface area contributed by atoms with Crippen molar-refractivity contribution in [1.29, 1.82) is 0 Å². The lowest BCUT2D eigenvalue weighted by Crippen LogP contribution is -2.17. The van der Waals surface area contributed by atoms with Crippen molar-refractivity contribution in [3.63, 3.8) is 0 Å². The third-order valence-corrected chi connectivity index (χ3v) is 4.11. The highest BCUT2D eigenvalue weighted by molar-refractivity contribution is 9.10. The molecule has 16 heavy (non-hydrogen) atoms. The molecule has 0 aromatic heterocycles. The van der Waals surface area contributed by atoms with E-state index >= 15 is 0 Å². The van der Waals surface area contributed by atoms with Gasteiger partial charge in [-0.05, 0) is 36.0 Å². The first-order chi connectivity index (χ1) is 7.59. The average molecular weight is 281 g/mol. The van der Waals surface area contributed by atoms with Crippen LogP contribution in [0.5, 0.6) is 0 Å². The summed E-state index contributed by atoms with van der Waals surface area (Å²) in [6.45, 7) is 4.43. The van der Waals surface area contributed by atoms with Gasteiger partial charge in [0.05, 0.1) is 0 Å². The molecule has 2 heteroatoms. The largest absolute Gasteiger partial charge is 0.299 e. The van der Waals surface area contributed by atoms with Gasteiger partial charge in [0.25, 0.3) is 0 Å². The average Bonchev–Trinajstić information content (AvgIpc) is 2.62. The molecule has 0 saturated heterocycles. The van der Waals surface area contributed by atoms with Crippen molar-refractivity contribution in [2.45, 2.75) is 32.6 Å². The Morgan fingerprint density at radius 3 is 2.44 bits per heavy atom. The van der Waals surface area contributed by atoms with Crippen LogP contribution in [0.1, 0.15) is 38.2 Å². The second-order valence-electron chi connectivity index (χ2n) is 4.94. The van der Waals surface area contributed by atoms with Gasteiger partial charge in [-0.15, -0.1) is 0 Å². The van der Waals surface area contributed by atoms with Gasteiger partial charge in [-0.1, -0.05) is 41.9 Å². The van der Waals surface area contributed by atoms with Crippen molar-refractivity contribution in [3.05, 3.63) is 34.3 Å². The van der Waals surface area contributed by atoms with Gasteiger partial charge in [0.2, 0.25) is 0 Å². The number of rotatable bonds is 2. The fourth-order valence-corrected chi connectivity index (χ4v) is 2.96. The summed E-state index contributed by atoms with van der Waals surface area (Å²) in [5.74, 6) is 1.66. The minimum atomic E-state index is 0.132. The number of benzene rings is 1. The van der Waals surface area contributed by atoms with Gasteiger partial charge in [-0.3, -0.25) is 4.79 Å². The summed E-state index contributed by atoms with van der Waals surface area (Å²) >= 11 is 3.43. The van der Waals surface area contributed by atoms with E-state index in [1.165, 1.54) is 5.56 Å². The maximum atomic E-state index is 12.0. The molecule has 1 saturated carbocycles. The van der Waals surface area contributed by atoms with Gasteiger partial charge in [0.15, 0.2) is 0 Å². The second kappa shape index (κ2) is 4.70. The van der Waals surface area contributed by atoms with Crippen LogP contribution in [-0.2, 0) is 4.79 Å². The summed E-state index contributed by atoms with van der Waals surface area (Å²) in [6.07, 6.45) is 1.81. The molecule has 1 aromatic rings. The maximum Gasteiger partial charge on any atom is 0.140 e. The molecule has 2 rings (SSSR count). The van der Waals surface area contributed by atoms with Crippen LogP contribution in [0.3, 0.4) is 0 Å². The van der Waals surface area contributed by atoms with Crippen LogP contribution in [0.2, 0.25) is 0 Å². The monoisotopic (exact) mass is 280 g/mol. The fourth-order valence-electron chi connectivity index (χ4n) is 2.69. The quantitative estimate of drug-likeness (QED) is 0.795. The van der Waals surface area contributed by atoms with Crippen LogP contribution < -0.4 is 0 Å². The first-order valence-electron chi connectivity index (χ1n) is 5.87. The highest BCUT2D eigenvalue weighted by Gasteiger charge is 2.37. The Bertz CT molecular complexity index is 380. The van der Waals surface area contributed by atoms with E-state index in [2.05, 4.69) is 41.9 Å². The molecule has 0 amide bonds. The predicted molar refractivity (Wildman–Crippen MR) is 69.5 cm³/mol. The smallest absolute Gasteiger partial charge is 0.140 e. The molecular formula is C14H17BrO. The molecule has 0 radical (unpaired) electrons. The minimum Gasteiger partial charge on any atom is -0.299 e. The fraction of sp³-hybridized carbons (Fsp3) is 0.500. The number of carbonyl (C=O) groups is 1. The first-order valence-corrected chi connectivity index (χ1v) is 6.67. The zero-order valence-electron chi connectivity index (χ0n) is 9.74. The molecule has 1 aromatic carbocycles. The van der Waals surface area contributed by atoms with E-state index in [1.54, 1.807) is 0 Å². The highest BCUT2D eigenvalue weighted by Crippen LogP contribution is 2.41. The molecule has 2 atom stereocenters. The lowest BCUT2D eigenvalue weighted by molar-refractivity contribution is -0.119. The van der Waals surface area contributed by atoms with Gasteiger partial charge in [-0.25, -0.2) is 0 Å². The van der Waals surface area contributed by atoms with E-state index in [-0.39, 0.29) is 5.92 Å². The minimum absolute atomic E-state index is 0.132. The molecule has 1 aliphatic carbocycles. The third-order valence-electron chi connectivity index (χ3n) is 3.58. The number of Topliss-reactive ketones (excluding diaryl/α,β-unsaturated/α-hetero) is 1. The predicted octanol–water partition coefficient (Wildman–Crippen LogP) is 4.17. The lowest BCUT2D eigenvalue weighted by Gasteiger charge is -2.22. The zero-order valence-corrected chi connectivity index (χ0v) is 11.3. The number of halogens is 1. The summed E-state index contributed by atoms with van der Waals surface area (Å²) in [4.78, 5) is 12.0. The number of ketones is 1. The van der Waals surface area contributed by atoms with E-state index in [4.69, 9.17) is 0 Å². The first kappa shape index (κ1) is 11.8. The van der Waals surface area contributed by atoms with Crippen molar-refractivity contribution in [3.8, 4) is 0 Å². The molecule has 0 bridgehead atoms. The molecule has 0 unspecified atom stereocenters. The molecule has 0 aliphatic heterocycles. The summed E-state index contributed by atoms with van der Waals surface area (Å²) in [5.41, 5.74) is 1.18. The Balaban J connectivity index is 2.30. The summed E-state index contributed by atoms with van der Waals surface area (Å²) in [5, 5.41) is 0. The van der Waals surface area contributed by atoms with Crippen LogP contribution in [0.15, 0.2) is 28.7 Å². The molecule has 1 nitrogen and oxygen atoms in total. The van der Waals surface area contributed by atoms with Crippen molar-refractivity contribution in [1.82, 2.24) is 0 Å². The molecule has 1 fully saturated rings. The van der Waals surface area contributed by atoms with E-state index < -0.39 is 0 Å². The molecular weight excluding hydrogens is 264 g/mol. The Kier molecular flexibility index (Phi) is 3.48. The molecule has 86 valence electrons. The molecule has 0 spiro atoms. The Labute approximate surface area is 105 Å². The Hall–Kier alpha value is -0.630. The van der Waals surface area contributed by atoms with E-state index in [9.17, 15) is 4.79 Å². The van der Waals surface area contributed by atoms with E-state index in [0.29, 0.717) is 17.6 Å². The van der Waals surface area contributed by atoms with E-state index in [0.717, 1.165) is 17.3 Å². The van der Waals surface area contributed by atoms with Crippen molar-refractivity contribution < 1.29 is 4.79 Å². The SMILES string of the molecule is CC(C)[C@H]1CCC(=O)[C@@H]1c1ccc(Br)cc1. The highest BCUT2D eigenvalue weighted by atomic mass is 79.9. The van der Waals surface area contributed by atoms with Gasteiger partial charge in [0.1, 0.15) is 5.78 Å². The summed E-state index contributed by atoms with van der Waals surface area (Å²) < 4.78 is 1.07. The normalized spacial score (nSPS) is 25.4. The zero-order chi connectivity index (χ0) is 11.7. The van der Waals surface area contributed by atoms with Crippen molar-refractivity contribution >= 4 is 21.7 Å². The van der Waals surface area contributed by atoms with Gasteiger partial charge in [-0.2, -0.15) is 0 Å². The van der Waals surface area contributed by atoms with Crippen LogP contribution in [-0.4, -0.2) is 5.78 Å². The Morgan fingerprint density at radius 2 is 1.88 bits per heavy atom. The van der Waals surface area contributed by atoms with Crippen LogP contribution in [0, 0.1) is 11.8 Å². The second-order valence-corrected chi connectivity index (χ2v) is 5.86. The van der Waals surface area contributed by atoms with Gasteiger partial charge in [0, 0.05) is 16.8 Å². The Morgan fingerprint density at radius 1 is 1.25 bits per heavy atom. The number of hydrogen-bond acceptors (Lipinski definition) is 1. The van der Waals surface area contributed by atoms with Crippen LogP contribution in [0.25, 0.3) is 0 Å². The molecule has 1 aliphatic rings. The van der Waals surface area contributed by atoms with Crippen LogP contribution >= 0.6 is 15.9 Å². The van der Waals surface area contributed by atoms with Gasteiger partial charge >= 0.3 is 0 Å². The lowest BCUT2D eigenvalue weighted by atomic mass is 9.81. The van der Waals surface area contributed by atoms with E-state index in [1.807, 2.05) is 12.1 Å². The standard InChI is InChI=1S/C14H17BrO/c1-9(2)12-7-8-13(16)14(12)10-3-5-11(15)6-4-10/h3-6,9,12,14H,7-8H2,1-2H3/t12-,14-/m1/s1. The topological polar surface area (TPSA) is 17.1 Å². The van der Waals surface area contributed by atoms with Gasteiger partial charge < -0.3 is 0 Å². The van der Waals surface area contributed by atoms with Crippen molar-refractivity contribution in [2.24, 2.45) is 11.8 Å². The van der Waals surface area contributed by atoms with Crippen molar-refractivity contribution in [2.75, 3.05) is 0 Å². The van der Waals surface area contributed by atoms with Crippen LogP contribution in [0.4, 0.5) is 0 Å². The third kappa shape index (κ3) is 2.22. The molecule has 0 heterocycles. The number of hydrogen-bond donors (Lipinski definition) is 0. The molecule has 0 N–H and O–H groups in total.